The molecule has 3 aromatic carbocycles. The maximum Gasteiger partial charge on any atom is 0.314 e. The highest BCUT2D eigenvalue weighted by Gasteiger charge is 2.29. The molecule has 194 valence electrons. The lowest BCUT2D eigenvalue weighted by molar-refractivity contribution is -0.140. The van der Waals surface area contributed by atoms with Crippen molar-refractivity contribution in [2.45, 2.75) is 70.6 Å². The average Bonchev–Trinajstić information content (AvgIpc) is 2.91. The topological polar surface area (TPSA) is 26.3 Å². The lowest BCUT2D eigenvalue weighted by atomic mass is 9.78. The molecule has 1 aliphatic rings. The van der Waals surface area contributed by atoms with Crippen LogP contribution >= 0.6 is 0 Å². The Hall–Kier alpha value is -3.27. The second-order valence-corrected chi connectivity index (χ2v) is 10.2. The smallest absolute Gasteiger partial charge is 0.314 e. The molecule has 0 amide bonds. The number of halogens is 2. The molecule has 0 N–H and O–H groups in total. The zero-order chi connectivity index (χ0) is 26.2. The monoisotopic (exact) mass is 502 g/mol. The normalized spacial score (nSPS) is 18.6. The Balaban J connectivity index is 1.28. The Morgan fingerprint density at radius 3 is 2.24 bits per heavy atom. The van der Waals surface area contributed by atoms with Gasteiger partial charge in [0.05, 0.1) is 5.92 Å². The van der Waals surface area contributed by atoms with E-state index in [0.717, 1.165) is 31.4 Å². The molecule has 4 rings (SSSR count). The van der Waals surface area contributed by atoms with Crippen LogP contribution in [0.3, 0.4) is 0 Å². The van der Waals surface area contributed by atoms with Gasteiger partial charge in [-0.05, 0) is 80.4 Å². The molecule has 0 saturated heterocycles. The molecule has 0 unspecified atom stereocenters. The van der Waals surface area contributed by atoms with Gasteiger partial charge in [-0.25, -0.2) is 8.78 Å². The lowest BCUT2D eigenvalue weighted by Gasteiger charge is -2.27. The van der Waals surface area contributed by atoms with Crippen LogP contribution in [0.1, 0.15) is 80.0 Å². The van der Waals surface area contributed by atoms with Crippen molar-refractivity contribution in [3.8, 4) is 5.75 Å². The minimum absolute atomic E-state index is 0.0268. The van der Waals surface area contributed by atoms with E-state index in [-0.39, 0.29) is 23.7 Å². The number of carbonyl (C=O) groups excluding carboxylic acids is 1. The third-order valence-electron chi connectivity index (χ3n) is 7.55. The van der Waals surface area contributed by atoms with E-state index in [2.05, 4.69) is 55.5 Å². The minimum atomic E-state index is -0.669. The molecule has 0 aromatic heterocycles. The van der Waals surface area contributed by atoms with E-state index < -0.39 is 17.6 Å². The summed E-state index contributed by atoms with van der Waals surface area (Å²) in [5, 5.41) is 0. The van der Waals surface area contributed by atoms with Gasteiger partial charge in [-0.3, -0.25) is 4.79 Å². The van der Waals surface area contributed by atoms with Gasteiger partial charge in [0, 0.05) is 17.7 Å². The number of rotatable bonds is 9. The van der Waals surface area contributed by atoms with Crippen molar-refractivity contribution in [3.63, 3.8) is 0 Å². The van der Waals surface area contributed by atoms with Gasteiger partial charge in [-0.15, -0.1) is 0 Å². The first kappa shape index (κ1) is 26.8. The van der Waals surface area contributed by atoms with E-state index in [0.29, 0.717) is 31.1 Å². The van der Waals surface area contributed by atoms with Crippen molar-refractivity contribution in [2.24, 2.45) is 5.92 Å². The number of carbonyl (C=O) groups is 1. The van der Waals surface area contributed by atoms with Gasteiger partial charge in [0.15, 0.2) is 0 Å². The van der Waals surface area contributed by atoms with Gasteiger partial charge in [-0.2, -0.15) is 0 Å². The first-order valence-electron chi connectivity index (χ1n) is 13.4. The molecule has 37 heavy (non-hydrogen) atoms. The van der Waals surface area contributed by atoms with E-state index in [4.69, 9.17) is 4.74 Å². The number of hydrogen-bond acceptors (Lipinski definition) is 2. The van der Waals surface area contributed by atoms with Gasteiger partial charge < -0.3 is 4.74 Å². The third kappa shape index (κ3) is 7.15. The van der Waals surface area contributed by atoms with Crippen molar-refractivity contribution in [2.75, 3.05) is 0 Å². The molecule has 1 aliphatic carbocycles. The molecule has 0 aliphatic heterocycles. The van der Waals surface area contributed by atoms with E-state index in [9.17, 15) is 13.6 Å². The van der Waals surface area contributed by atoms with Crippen LogP contribution in [0.5, 0.6) is 5.75 Å². The van der Waals surface area contributed by atoms with E-state index in [1.165, 1.54) is 16.7 Å². The summed E-state index contributed by atoms with van der Waals surface area (Å²) in [6, 6.07) is 21.7. The largest absolute Gasteiger partial charge is 0.426 e. The number of hydrogen-bond donors (Lipinski definition) is 0. The van der Waals surface area contributed by atoms with Gasteiger partial charge in [0.1, 0.15) is 17.4 Å². The number of esters is 1. The molecule has 0 bridgehead atoms. The summed E-state index contributed by atoms with van der Waals surface area (Å²) >= 11 is 0. The van der Waals surface area contributed by atoms with Crippen LogP contribution in [0, 0.1) is 17.6 Å². The van der Waals surface area contributed by atoms with Gasteiger partial charge >= 0.3 is 5.97 Å². The summed E-state index contributed by atoms with van der Waals surface area (Å²) in [7, 11) is 0. The number of benzene rings is 3. The van der Waals surface area contributed by atoms with E-state index >= 15 is 0 Å². The van der Waals surface area contributed by atoms with Crippen LogP contribution in [0.2, 0.25) is 0 Å². The first-order valence-corrected chi connectivity index (χ1v) is 13.4. The standard InChI is InChI=1S/C33H36F2O2/c1-3-4-6-11-30-31(34)21-29(22-32(30)35)37-33(36)28-18-16-27(17-19-28)26-14-12-24(13-15-26)20-23(2)25-9-7-5-8-10-25/h3-5,7-10,12-15,21-23,27-28H,6,11,16-20H2,1-2H3/t23-,27?,28?/m1/s1. The highest BCUT2D eigenvalue weighted by molar-refractivity contribution is 5.75. The Morgan fingerprint density at radius 2 is 1.62 bits per heavy atom. The first-order chi connectivity index (χ1) is 17.9. The van der Waals surface area contributed by atoms with Crippen molar-refractivity contribution < 1.29 is 18.3 Å². The summed E-state index contributed by atoms with van der Waals surface area (Å²) in [6.45, 7) is 4.12. The number of ether oxygens (including phenoxy) is 1. The summed E-state index contributed by atoms with van der Waals surface area (Å²) in [5.74, 6) is -1.17. The fourth-order valence-corrected chi connectivity index (χ4v) is 5.31. The predicted octanol–water partition coefficient (Wildman–Crippen LogP) is 8.70. The molecular weight excluding hydrogens is 466 g/mol. The zero-order valence-corrected chi connectivity index (χ0v) is 21.8. The molecule has 2 nitrogen and oxygen atoms in total. The van der Waals surface area contributed by atoms with Crippen LogP contribution < -0.4 is 4.74 Å². The van der Waals surface area contributed by atoms with Crippen molar-refractivity contribution in [1.29, 1.82) is 0 Å². The highest BCUT2D eigenvalue weighted by Crippen LogP contribution is 2.37. The molecule has 0 radical (unpaired) electrons. The molecular formula is C33H36F2O2. The fourth-order valence-electron chi connectivity index (χ4n) is 5.31. The van der Waals surface area contributed by atoms with Crippen molar-refractivity contribution >= 4 is 5.97 Å². The summed E-state index contributed by atoms with van der Waals surface area (Å²) < 4.78 is 34.2. The average molecular weight is 503 g/mol. The van der Waals surface area contributed by atoms with Crippen molar-refractivity contribution in [1.82, 2.24) is 0 Å². The molecule has 0 spiro atoms. The summed E-state index contributed by atoms with van der Waals surface area (Å²) in [4.78, 5) is 12.7. The fraction of sp³-hybridized carbons (Fsp3) is 0.364. The molecule has 1 fully saturated rings. The summed E-state index contributed by atoms with van der Waals surface area (Å²) in [5.41, 5.74) is 4.01. The second-order valence-electron chi connectivity index (χ2n) is 10.2. The highest BCUT2D eigenvalue weighted by atomic mass is 19.1. The van der Waals surface area contributed by atoms with E-state index in [1.807, 2.05) is 25.1 Å². The van der Waals surface area contributed by atoms with Gasteiger partial charge in [-0.1, -0.05) is 73.7 Å². The van der Waals surface area contributed by atoms with Crippen LogP contribution in [0.4, 0.5) is 8.78 Å². The maximum atomic E-state index is 14.4. The Morgan fingerprint density at radius 1 is 0.973 bits per heavy atom. The van der Waals surface area contributed by atoms with E-state index in [1.54, 1.807) is 0 Å². The SMILES string of the molecule is CC=CCCc1c(F)cc(OC(=O)C2CCC(c3ccc(C[C@@H](C)c4ccccc4)cc3)CC2)cc1F. The number of allylic oxidation sites excluding steroid dienone is 2. The van der Waals surface area contributed by atoms with Gasteiger partial charge in [0.25, 0.3) is 0 Å². The second kappa shape index (κ2) is 12.8. The predicted molar refractivity (Wildman–Crippen MR) is 145 cm³/mol. The molecule has 1 atom stereocenters. The van der Waals surface area contributed by atoms with Crippen LogP contribution in [-0.2, 0) is 17.6 Å². The Kier molecular flexibility index (Phi) is 9.27. The van der Waals surface area contributed by atoms with Crippen LogP contribution in [-0.4, -0.2) is 5.97 Å². The minimum Gasteiger partial charge on any atom is -0.426 e. The van der Waals surface area contributed by atoms with Crippen molar-refractivity contribution in [3.05, 3.63) is 113 Å². The molecule has 0 heterocycles. The summed E-state index contributed by atoms with van der Waals surface area (Å²) in [6.07, 6.45) is 8.76. The van der Waals surface area contributed by atoms with Gasteiger partial charge in [0.2, 0.25) is 0 Å². The van der Waals surface area contributed by atoms with Crippen LogP contribution in [0.15, 0.2) is 78.9 Å². The zero-order valence-electron chi connectivity index (χ0n) is 21.8. The lowest BCUT2D eigenvalue weighted by Crippen LogP contribution is -2.25. The molecule has 3 aromatic rings. The maximum absolute atomic E-state index is 14.4. The van der Waals surface area contributed by atoms with Crippen LogP contribution in [0.25, 0.3) is 0 Å². The third-order valence-corrected chi connectivity index (χ3v) is 7.55. The Labute approximate surface area is 219 Å². The molecule has 1 saturated carbocycles. The Bertz CT molecular complexity index is 1170. The quantitative estimate of drug-likeness (QED) is 0.166. The molecule has 4 heteroatoms.